The molecule has 4 nitrogen and oxygen atoms in total. The van der Waals surface area contributed by atoms with Crippen molar-refractivity contribution < 1.29 is 9.18 Å². The van der Waals surface area contributed by atoms with Gasteiger partial charge in [0.1, 0.15) is 5.82 Å². The fourth-order valence-corrected chi connectivity index (χ4v) is 2.53. The van der Waals surface area contributed by atoms with Gasteiger partial charge >= 0.3 is 0 Å². The number of nitrogens with one attached hydrogen (secondary N) is 1. The largest absolute Gasteiger partial charge is 0.322 e. The van der Waals surface area contributed by atoms with Gasteiger partial charge in [-0.2, -0.15) is 0 Å². The maximum absolute atomic E-state index is 13.2. The molecular formula is C19H14ClFN2O2. The summed E-state index contributed by atoms with van der Waals surface area (Å²) >= 11 is 5.71. The molecule has 3 rings (SSSR count). The summed E-state index contributed by atoms with van der Waals surface area (Å²) in [6.45, 7) is 0.364. The van der Waals surface area contributed by atoms with Gasteiger partial charge in [0.15, 0.2) is 0 Å². The lowest BCUT2D eigenvalue weighted by Gasteiger charge is -2.09. The van der Waals surface area contributed by atoms with Gasteiger partial charge in [-0.1, -0.05) is 41.9 Å². The van der Waals surface area contributed by atoms with Gasteiger partial charge in [-0.3, -0.25) is 9.59 Å². The standard InChI is InChI=1S/C19H14ClFN2O2/c20-16-10-15(7-8-17(16)21)22-19(25)14-6-9-18(24)23(12-14)11-13-4-2-1-3-5-13/h1-10,12H,11H2,(H,22,25). The number of pyridine rings is 1. The van der Waals surface area contributed by atoms with Crippen molar-refractivity contribution in [2.45, 2.75) is 6.54 Å². The molecule has 0 spiro atoms. The second-order valence-electron chi connectivity index (χ2n) is 5.45. The Labute approximate surface area is 148 Å². The first-order valence-corrected chi connectivity index (χ1v) is 7.91. The Bertz CT molecular complexity index is 971. The fourth-order valence-electron chi connectivity index (χ4n) is 2.35. The molecule has 0 fully saturated rings. The van der Waals surface area contributed by atoms with Gasteiger partial charge in [0.2, 0.25) is 0 Å². The molecule has 3 aromatic rings. The maximum atomic E-state index is 13.2. The van der Waals surface area contributed by atoms with Gasteiger partial charge in [0.25, 0.3) is 11.5 Å². The van der Waals surface area contributed by atoms with Crippen molar-refractivity contribution in [2.24, 2.45) is 0 Å². The highest BCUT2D eigenvalue weighted by Crippen LogP contribution is 2.19. The lowest BCUT2D eigenvalue weighted by Crippen LogP contribution is -2.22. The second-order valence-corrected chi connectivity index (χ2v) is 5.86. The molecule has 0 aliphatic heterocycles. The normalized spacial score (nSPS) is 10.5. The monoisotopic (exact) mass is 356 g/mol. The Morgan fingerprint density at radius 3 is 2.56 bits per heavy atom. The summed E-state index contributed by atoms with van der Waals surface area (Å²) < 4.78 is 14.6. The van der Waals surface area contributed by atoms with E-state index in [0.717, 1.165) is 5.56 Å². The van der Waals surface area contributed by atoms with E-state index in [0.29, 0.717) is 17.8 Å². The minimum absolute atomic E-state index is 0.0770. The van der Waals surface area contributed by atoms with Crippen LogP contribution < -0.4 is 10.9 Å². The van der Waals surface area contributed by atoms with Crippen molar-refractivity contribution >= 4 is 23.2 Å². The zero-order valence-electron chi connectivity index (χ0n) is 13.1. The molecule has 1 amide bonds. The lowest BCUT2D eigenvalue weighted by molar-refractivity contribution is 0.102. The molecule has 25 heavy (non-hydrogen) atoms. The Kier molecular flexibility index (Phi) is 4.95. The number of amides is 1. The SMILES string of the molecule is O=C(Nc1ccc(F)c(Cl)c1)c1ccc(=O)n(Cc2ccccc2)c1. The van der Waals surface area contributed by atoms with Gasteiger partial charge in [-0.15, -0.1) is 0 Å². The van der Waals surface area contributed by atoms with Crippen LogP contribution in [0.15, 0.2) is 71.7 Å². The molecule has 0 atom stereocenters. The number of rotatable bonds is 4. The van der Waals surface area contributed by atoms with Crippen LogP contribution in [-0.4, -0.2) is 10.5 Å². The van der Waals surface area contributed by atoms with Crippen LogP contribution in [0, 0.1) is 5.82 Å². The molecule has 126 valence electrons. The summed E-state index contributed by atoms with van der Waals surface area (Å²) in [5.74, 6) is -0.972. The van der Waals surface area contributed by atoms with Crippen LogP contribution in [0.1, 0.15) is 15.9 Å². The summed E-state index contributed by atoms with van der Waals surface area (Å²) in [5.41, 5.74) is 1.44. The number of hydrogen-bond donors (Lipinski definition) is 1. The Hall–Kier alpha value is -2.92. The van der Waals surface area contributed by atoms with E-state index >= 15 is 0 Å². The summed E-state index contributed by atoms with van der Waals surface area (Å²) in [4.78, 5) is 24.4. The van der Waals surface area contributed by atoms with Crippen molar-refractivity contribution in [2.75, 3.05) is 5.32 Å². The third-order valence-electron chi connectivity index (χ3n) is 3.62. The van der Waals surface area contributed by atoms with Crippen molar-refractivity contribution in [1.82, 2.24) is 4.57 Å². The van der Waals surface area contributed by atoms with E-state index in [-0.39, 0.29) is 10.6 Å². The van der Waals surface area contributed by atoms with Gasteiger partial charge in [0, 0.05) is 18.0 Å². The smallest absolute Gasteiger partial charge is 0.257 e. The van der Waals surface area contributed by atoms with Crippen LogP contribution in [-0.2, 0) is 6.54 Å². The van der Waals surface area contributed by atoms with Crippen molar-refractivity contribution in [3.63, 3.8) is 0 Å². The number of carbonyl (C=O) groups is 1. The van der Waals surface area contributed by atoms with E-state index in [1.807, 2.05) is 30.3 Å². The predicted octanol–water partition coefficient (Wildman–Crippen LogP) is 3.94. The quantitative estimate of drug-likeness (QED) is 0.769. The van der Waals surface area contributed by atoms with Gasteiger partial charge < -0.3 is 9.88 Å². The minimum atomic E-state index is -0.559. The number of carbonyl (C=O) groups excluding carboxylic acids is 1. The van der Waals surface area contributed by atoms with Crippen molar-refractivity contribution in [3.05, 3.63) is 99.2 Å². The van der Waals surface area contributed by atoms with E-state index in [4.69, 9.17) is 11.6 Å². The summed E-state index contributed by atoms with van der Waals surface area (Å²) in [5, 5.41) is 2.55. The van der Waals surface area contributed by atoms with Crippen LogP contribution in [0.3, 0.4) is 0 Å². The number of halogens is 2. The van der Waals surface area contributed by atoms with Crippen molar-refractivity contribution in [1.29, 1.82) is 0 Å². The molecule has 0 aliphatic carbocycles. The van der Waals surface area contributed by atoms with Crippen LogP contribution in [0.25, 0.3) is 0 Å². The Balaban J connectivity index is 1.82. The zero-order chi connectivity index (χ0) is 17.8. The van der Waals surface area contributed by atoms with Crippen LogP contribution in [0.5, 0.6) is 0 Å². The summed E-state index contributed by atoms with van der Waals surface area (Å²) in [7, 11) is 0. The van der Waals surface area contributed by atoms with E-state index in [1.54, 1.807) is 0 Å². The molecule has 0 radical (unpaired) electrons. The first kappa shape index (κ1) is 16.9. The average Bonchev–Trinajstić information content (AvgIpc) is 2.61. The molecule has 0 unspecified atom stereocenters. The number of hydrogen-bond acceptors (Lipinski definition) is 2. The van der Waals surface area contributed by atoms with Crippen LogP contribution >= 0.6 is 11.6 Å². The first-order valence-electron chi connectivity index (χ1n) is 7.54. The highest BCUT2D eigenvalue weighted by molar-refractivity contribution is 6.31. The van der Waals surface area contributed by atoms with Crippen LogP contribution in [0.4, 0.5) is 10.1 Å². The predicted molar refractivity (Wildman–Crippen MR) is 95.6 cm³/mol. The summed E-state index contributed by atoms with van der Waals surface area (Å²) in [6, 6.07) is 16.2. The number of nitrogens with zero attached hydrogens (tertiary/aromatic N) is 1. The molecule has 0 saturated carbocycles. The minimum Gasteiger partial charge on any atom is -0.322 e. The molecule has 0 aliphatic rings. The van der Waals surface area contributed by atoms with Gasteiger partial charge in [-0.05, 0) is 29.8 Å². The molecule has 6 heteroatoms. The van der Waals surface area contributed by atoms with E-state index in [1.165, 1.54) is 41.1 Å². The second kappa shape index (κ2) is 7.32. The van der Waals surface area contributed by atoms with Crippen molar-refractivity contribution in [3.8, 4) is 0 Å². The highest BCUT2D eigenvalue weighted by atomic mass is 35.5. The molecule has 1 aromatic heterocycles. The molecule has 2 aromatic carbocycles. The Morgan fingerprint density at radius 1 is 1.08 bits per heavy atom. The third kappa shape index (κ3) is 4.14. The molecule has 1 N–H and O–H groups in total. The fraction of sp³-hybridized carbons (Fsp3) is 0.0526. The first-order chi connectivity index (χ1) is 12.0. The highest BCUT2D eigenvalue weighted by Gasteiger charge is 2.10. The lowest BCUT2D eigenvalue weighted by atomic mass is 10.2. The van der Waals surface area contributed by atoms with E-state index < -0.39 is 11.7 Å². The van der Waals surface area contributed by atoms with Gasteiger partial charge in [-0.25, -0.2) is 4.39 Å². The number of aromatic nitrogens is 1. The van der Waals surface area contributed by atoms with E-state index in [9.17, 15) is 14.0 Å². The molecule has 0 saturated heterocycles. The molecular weight excluding hydrogens is 343 g/mol. The molecule has 0 bridgehead atoms. The maximum Gasteiger partial charge on any atom is 0.257 e. The Morgan fingerprint density at radius 2 is 1.84 bits per heavy atom. The number of anilines is 1. The van der Waals surface area contributed by atoms with E-state index in [2.05, 4.69) is 5.32 Å². The van der Waals surface area contributed by atoms with Crippen LogP contribution in [0.2, 0.25) is 5.02 Å². The molecule has 1 heterocycles. The number of benzene rings is 2. The summed E-state index contributed by atoms with van der Waals surface area (Å²) in [6.07, 6.45) is 1.50. The van der Waals surface area contributed by atoms with Gasteiger partial charge in [0.05, 0.1) is 17.1 Å². The zero-order valence-corrected chi connectivity index (χ0v) is 13.8. The average molecular weight is 357 g/mol. The third-order valence-corrected chi connectivity index (χ3v) is 3.91. The topological polar surface area (TPSA) is 51.1 Å².